The van der Waals surface area contributed by atoms with Crippen LogP contribution in [0.25, 0.3) is 0 Å². The fourth-order valence-electron chi connectivity index (χ4n) is 1.91. The van der Waals surface area contributed by atoms with Crippen molar-refractivity contribution in [3.63, 3.8) is 0 Å². The molecule has 0 atom stereocenters. The molecule has 1 aromatic carbocycles. The first kappa shape index (κ1) is 17.0. The third-order valence-corrected chi connectivity index (χ3v) is 3.31. The molecule has 0 aliphatic heterocycles. The van der Waals surface area contributed by atoms with Gasteiger partial charge in [0, 0.05) is 6.04 Å². The van der Waals surface area contributed by atoms with E-state index in [1.165, 1.54) is 10.5 Å². The van der Waals surface area contributed by atoms with Crippen molar-refractivity contribution < 1.29 is 19.4 Å². The molecule has 1 aromatic rings. The molecule has 0 saturated carbocycles. The molecule has 0 saturated heterocycles. The number of hydrogen-bond donors (Lipinski definition) is 1. The summed E-state index contributed by atoms with van der Waals surface area (Å²) in [5.41, 5.74) is 2.32. The third-order valence-electron chi connectivity index (χ3n) is 3.31. The predicted molar refractivity (Wildman–Crippen MR) is 80.5 cm³/mol. The minimum atomic E-state index is -1.01. The van der Waals surface area contributed by atoms with Gasteiger partial charge in [0.2, 0.25) is 5.91 Å². The first-order chi connectivity index (χ1) is 9.81. The third kappa shape index (κ3) is 5.45. The minimum absolute atomic E-state index is 0.143. The van der Waals surface area contributed by atoms with E-state index in [1.807, 2.05) is 32.0 Å². The fourth-order valence-corrected chi connectivity index (χ4v) is 1.91. The average Bonchev–Trinajstić information content (AvgIpc) is 2.39. The van der Waals surface area contributed by atoms with Gasteiger partial charge in [-0.25, -0.2) is 0 Å². The highest BCUT2D eigenvalue weighted by atomic mass is 16.5. The van der Waals surface area contributed by atoms with Crippen LogP contribution >= 0.6 is 0 Å². The number of ether oxygens (including phenoxy) is 1. The monoisotopic (exact) mass is 293 g/mol. The van der Waals surface area contributed by atoms with Crippen molar-refractivity contribution in [1.29, 1.82) is 0 Å². The van der Waals surface area contributed by atoms with Gasteiger partial charge < -0.3 is 14.7 Å². The Morgan fingerprint density at radius 2 is 1.90 bits per heavy atom. The van der Waals surface area contributed by atoms with Crippen molar-refractivity contribution >= 4 is 11.9 Å². The largest absolute Gasteiger partial charge is 0.493 e. The van der Waals surface area contributed by atoms with Gasteiger partial charge in [-0.3, -0.25) is 9.59 Å². The Hall–Kier alpha value is -2.04. The minimum Gasteiger partial charge on any atom is -0.493 e. The van der Waals surface area contributed by atoms with Gasteiger partial charge >= 0.3 is 5.97 Å². The Balaban J connectivity index is 2.51. The van der Waals surface area contributed by atoms with Gasteiger partial charge in [-0.2, -0.15) is 0 Å². The number of carbonyl (C=O) groups is 2. The Kier molecular flexibility index (Phi) is 6.21. The lowest BCUT2D eigenvalue weighted by atomic mass is 10.1. The van der Waals surface area contributed by atoms with Crippen molar-refractivity contribution in [2.45, 2.75) is 40.2 Å². The highest BCUT2D eigenvalue weighted by Crippen LogP contribution is 2.16. The van der Waals surface area contributed by atoms with Crippen LogP contribution in [0.5, 0.6) is 5.75 Å². The van der Waals surface area contributed by atoms with Gasteiger partial charge in [0.1, 0.15) is 12.3 Å². The van der Waals surface area contributed by atoms with Crippen molar-refractivity contribution in [2.24, 2.45) is 0 Å². The normalized spacial score (nSPS) is 10.5. The molecule has 0 unspecified atom stereocenters. The summed E-state index contributed by atoms with van der Waals surface area (Å²) < 4.78 is 5.55. The van der Waals surface area contributed by atoms with Crippen molar-refractivity contribution in [2.75, 3.05) is 13.2 Å². The van der Waals surface area contributed by atoms with E-state index in [2.05, 4.69) is 0 Å². The second kappa shape index (κ2) is 7.67. The fraction of sp³-hybridized carbons (Fsp3) is 0.500. The SMILES string of the molecule is Cc1ccc(OCCC(=O)N(CC(=O)O)C(C)C)cc1C. The molecule has 21 heavy (non-hydrogen) atoms. The van der Waals surface area contributed by atoms with Crippen molar-refractivity contribution in [1.82, 2.24) is 4.90 Å². The smallest absolute Gasteiger partial charge is 0.323 e. The summed E-state index contributed by atoms with van der Waals surface area (Å²) in [5.74, 6) is -0.497. The molecular formula is C16H23NO4. The molecule has 1 N–H and O–H groups in total. The number of amides is 1. The van der Waals surface area contributed by atoms with Gasteiger partial charge in [0.15, 0.2) is 0 Å². The lowest BCUT2D eigenvalue weighted by Crippen LogP contribution is -2.41. The van der Waals surface area contributed by atoms with Crippen LogP contribution < -0.4 is 4.74 Å². The Labute approximate surface area is 125 Å². The molecule has 5 heteroatoms. The maximum Gasteiger partial charge on any atom is 0.323 e. The molecule has 0 aliphatic rings. The second-order valence-corrected chi connectivity index (χ2v) is 5.35. The van der Waals surface area contributed by atoms with Crippen molar-refractivity contribution in [3.05, 3.63) is 29.3 Å². The van der Waals surface area contributed by atoms with Crippen molar-refractivity contribution in [3.8, 4) is 5.75 Å². The standard InChI is InChI=1S/C16H23NO4/c1-11(2)17(10-16(19)20)15(18)7-8-21-14-6-5-12(3)13(4)9-14/h5-6,9,11H,7-8,10H2,1-4H3,(H,19,20). The van der Waals surface area contributed by atoms with E-state index >= 15 is 0 Å². The Bertz CT molecular complexity index is 511. The first-order valence-electron chi connectivity index (χ1n) is 7.02. The Morgan fingerprint density at radius 1 is 1.24 bits per heavy atom. The summed E-state index contributed by atoms with van der Waals surface area (Å²) in [6.45, 7) is 7.58. The molecule has 1 amide bonds. The molecule has 0 bridgehead atoms. The zero-order valence-corrected chi connectivity index (χ0v) is 13.0. The molecule has 0 aliphatic carbocycles. The van der Waals surface area contributed by atoms with Gasteiger partial charge in [-0.1, -0.05) is 6.07 Å². The van der Waals surface area contributed by atoms with Gasteiger partial charge in [-0.05, 0) is 51.0 Å². The maximum atomic E-state index is 12.0. The summed E-state index contributed by atoms with van der Waals surface area (Å²) in [6, 6.07) is 5.62. The quantitative estimate of drug-likeness (QED) is 0.838. The molecule has 0 heterocycles. The van der Waals surface area contributed by atoms with E-state index in [0.29, 0.717) is 0 Å². The van der Waals surface area contributed by atoms with E-state index in [4.69, 9.17) is 9.84 Å². The number of nitrogens with zero attached hydrogens (tertiary/aromatic N) is 1. The second-order valence-electron chi connectivity index (χ2n) is 5.35. The number of carboxylic acids is 1. The number of rotatable bonds is 7. The molecule has 0 radical (unpaired) electrons. The zero-order chi connectivity index (χ0) is 16.0. The number of aryl methyl sites for hydroxylation is 2. The molecule has 1 rings (SSSR count). The Morgan fingerprint density at radius 3 is 2.43 bits per heavy atom. The highest BCUT2D eigenvalue weighted by Gasteiger charge is 2.19. The molecule has 5 nitrogen and oxygen atoms in total. The predicted octanol–water partition coefficient (Wildman–Crippen LogP) is 2.39. The summed E-state index contributed by atoms with van der Waals surface area (Å²) in [6.07, 6.45) is 0.165. The number of benzene rings is 1. The van der Waals surface area contributed by atoms with E-state index < -0.39 is 5.97 Å². The van der Waals surface area contributed by atoms with Crippen LogP contribution in [0.2, 0.25) is 0 Å². The number of carbonyl (C=O) groups excluding carboxylic acids is 1. The topological polar surface area (TPSA) is 66.8 Å². The lowest BCUT2D eigenvalue weighted by Gasteiger charge is -2.24. The number of hydrogen-bond acceptors (Lipinski definition) is 3. The van der Waals surface area contributed by atoms with Crippen LogP contribution in [0, 0.1) is 13.8 Å². The summed E-state index contributed by atoms with van der Waals surface area (Å²) >= 11 is 0. The molecule has 0 fully saturated rings. The van der Waals surface area contributed by atoms with E-state index in [0.717, 1.165) is 11.3 Å². The summed E-state index contributed by atoms with van der Waals surface area (Å²) in [4.78, 5) is 24.1. The zero-order valence-electron chi connectivity index (χ0n) is 13.0. The van der Waals surface area contributed by atoms with Crippen LogP contribution in [0.1, 0.15) is 31.4 Å². The van der Waals surface area contributed by atoms with Crippen LogP contribution in [0.15, 0.2) is 18.2 Å². The molecule has 0 spiro atoms. The average molecular weight is 293 g/mol. The van der Waals surface area contributed by atoms with Crippen LogP contribution in [-0.2, 0) is 9.59 Å². The van der Waals surface area contributed by atoms with Gasteiger partial charge in [-0.15, -0.1) is 0 Å². The molecule has 0 aromatic heterocycles. The van der Waals surface area contributed by atoms with E-state index in [9.17, 15) is 9.59 Å². The summed E-state index contributed by atoms with van der Waals surface area (Å²) in [7, 11) is 0. The van der Waals surface area contributed by atoms with E-state index in [-0.39, 0.29) is 31.5 Å². The summed E-state index contributed by atoms with van der Waals surface area (Å²) in [5, 5.41) is 8.82. The molecular weight excluding hydrogens is 270 g/mol. The van der Waals surface area contributed by atoms with Crippen LogP contribution in [-0.4, -0.2) is 41.1 Å². The van der Waals surface area contributed by atoms with Gasteiger partial charge in [0.05, 0.1) is 13.0 Å². The number of aliphatic carboxylic acids is 1. The highest BCUT2D eigenvalue weighted by molar-refractivity contribution is 5.81. The van der Waals surface area contributed by atoms with Crippen LogP contribution in [0.3, 0.4) is 0 Å². The first-order valence-corrected chi connectivity index (χ1v) is 7.02. The van der Waals surface area contributed by atoms with Gasteiger partial charge in [0.25, 0.3) is 0 Å². The molecule has 116 valence electrons. The number of carboxylic acid groups (broad SMARTS) is 1. The van der Waals surface area contributed by atoms with E-state index in [1.54, 1.807) is 13.8 Å². The maximum absolute atomic E-state index is 12.0. The lowest BCUT2D eigenvalue weighted by molar-refractivity contribution is -0.146. The van der Waals surface area contributed by atoms with Crippen LogP contribution in [0.4, 0.5) is 0 Å².